The van der Waals surface area contributed by atoms with Crippen molar-refractivity contribution in [1.82, 2.24) is 9.97 Å². The van der Waals surface area contributed by atoms with E-state index >= 15 is 0 Å². The summed E-state index contributed by atoms with van der Waals surface area (Å²) in [5.41, 5.74) is 0.891. The fourth-order valence-corrected chi connectivity index (χ4v) is 4.66. The molecule has 1 saturated carbocycles. The zero-order chi connectivity index (χ0) is 28.0. The van der Waals surface area contributed by atoms with Gasteiger partial charge in [-0.05, 0) is 49.1 Å². The molecule has 1 N–H and O–H groups in total. The highest BCUT2D eigenvalue weighted by Crippen LogP contribution is 2.31. The Bertz CT molecular complexity index is 1250. The smallest absolute Gasteiger partial charge is 0.232 e. The van der Waals surface area contributed by atoms with Crippen molar-refractivity contribution in [1.29, 1.82) is 0 Å². The summed E-state index contributed by atoms with van der Waals surface area (Å²) in [6, 6.07) is 6.50. The number of rotatable bonds is 6. The third-order valence-electron chi connectivity index (χ3n) is 6.84. The van der Waals surface area contributed by atoms with Crippen molar-refractivity contribution >= 4 is 11.7 Å². The summed E-state index contributed by atoms with van der Waals surface area (Å²) in [4.78, 5) is 23.5. The summed E-state index contributed by atoms with van der Waals surface area (Å²) < 4.78 is 55.8. The van der Waals surface area contributed by atoms with Gasteiger partial charge in [-0.2, -0.15) is 0 Å². The van der Waals surface area contributed by atoms with Crippen LogP contribution in [-0.2, 0) is 17.6 Å². The highest BCUT2D eigenvalue weighted by atomic mass is 19.2. The number of nitrogens with zero attached hydrogens (tertiary/aromatic N) is 3. The van der Waals surface area contributed by atoms with Gasteiger partial charge in [0.2, 0.25) is 5.91 Å². The van der Waals surface area contributed by atoms with E-state index < -0.39 is 46.7 Å². The maximum Gasteiger partial charge on any atom is 0.232 e. The number of carbonyl (C=O) groups excluding carboxylic acids is 1. The topological polar surface area (TPSA) is 66.3 Å². The van der Waals surface area contributed by atoms with Crippen LogP contribution in [0.3, 0.4) is 0 Å². The largest absolute Gasteiger partial charge is 0.508 e. The Labute approximate surface area is 220 Å². The Kier molecular flexibility index (Phi) is 9.83. The molecule has 9 heteroatoms. The van der Waals surface area contributed by atoms with Crippen molar-refractivity contribution in [3.63, 3.8) is 0 Å². The Morgan fingerprint density at radius 3 is 2.21 bits per heavy atom. The molecule has 1 amide bonds. The summed E-state index contributed by atoms with van der Waals surface area (Å²) in [5.74, 6) is -6.86. The summed E-state index contributed by atoms with van der Waals surface area (Å²) >= 11 is 0. The van der Waals surface area contributed by atoms with Crippen molar-refractivity contribution < 1.29 is 27.5 Å². The molecule has 0 unspecified atom stereocenters. The Balaban J connectivity index is 0.00000195. The first kappa shape index (κ1) is 29.1. The highest BCUT2D eigenvalue weighted by Gasteiger charge is 2.27. The van der Waals surface area contributed by atoms with Gasteiger partial charge >= 0.3 is 0 Å². The van der Waals surface area contributed by atoms with E-state index in [0.717, 1.165) is 38.2 Å². The van der Waals surface area contributed by atoms with Crippen LogP contribution in [0.25, 0.3) is 11.3 Å². The van der Waals surface area contributed by atoms with Crippen LogP contribution in [0, 0.1) is 36.1 Å². The maximum atomic E-state index is 14.4. The molecule has 1 heterocycles. The minimum absolute atomic E-state index is 0.118. The van der Waals surface area contributed by atoms with Crippen molar-refractivity contribution in [2.75, 3.05) is 11.9 Å². The summed E-state index contributed by atoms with van der Waals surface area (Å²) in [6.07, 6.45) is 6.86. The number of benzene rings is 2. The van der Waals surface area contributed by atoms with Crippen LogP contribution in [0.1, 0.15) is 62.8 Å². The number of hydrogen-bond acceptors (Lipinski definition) is 4. The molecule has 0 aliphatic heterocycles. The number of hydrogen-bond donors (Lipinski definition) is 1. The van der Waals surface area contributed by atoms with Gasteiger partial charge in [0.15, 0.2) is 29.1 Å². The number of carbonyl (C=O) groups is 1. The number of amides is 1. The average molecular weight is 532 g/mol. The first-order chi connectivity index (χ1) is 18.2. The van der Waals surface area contributed by atoms with Crippen LogP contribution in [0.2, 0.25) is 0 Å². The Hall–Kier alpha value is -3.49. The molecule has 0 saturated heterocycles. The first-order valence-corrected chi connectivity index (χ1v) is 12.9. The van der Waals surface area contributed by atoms with E-state index in [4.69, 9.17) is 4.98 Å². The van der Waals surface area contributed by atoms with Gasteiger partial charge in [-0.3, -0.25) is 9.69 Å². The van der Waals surface area contributed by atoms with E-state index in [2.05, 4.69) is 4.98 Å². The lowest BCUT2D eigenvalue weighted by molar-refractivity contribution is -0.117. The fraction of sp³-hybridized carbons (Fsp3) is 0.414. The van der Waals surface area contributed by atoms with Crippen molar-refractivity contribution in [3.05, 3.63) is 70.6 Å². The predicted octanol–water partition coefficient (Wildman–Crippen LogP) is 7.07. The van der Waals surface area contributed by atoms with Crippen LogP contribution >= 0.6 is 0 Å². The Morgan fingerprint density at radius 1 is 0.974 bits per heavy atom. The SMILES string of the molecule is CC.Cc1c(F)c(F)c(F)c(F)c1CC(=O)N(C)c1ncc(-c2ccc(O)cc2)nc1CC1CCCCC1. The van der Waals surface area contributed by atoms with E-state index in [1.807, 2.05) is 13.8 Å². The summed E-state index contributed by atoms with van der Waals surface area (Å²) in [7, 11) is 1.44. The van der Waals surface area contributed by atoms with Gasteiger partial charge < -0.3 is 5.11 Å². The molecule has 1 fully saturated rings. The zero-order valence-corrected chi connectivity index (χ0v) is 22.1. The molecular formula is C29H33F4N3O2. The van der Waals surface area contributed by atoms with E-state index in [0.29, 0.717) is 23.7 Å². The average Bonchev–Trinajstić information content (AvgIpc) is 2.94. The van der Waals surface area contributed by atoms with Gasteiger partial charge in [0.25, 0.3) is 0 Å². The molecule has 38 heavy (non-hydrogen) atoms. The predicted molar refractivity (Wildman–Crippen MR) is 139 cm³/mol. The second kappa shape index (κ2) is 12.8. The molecular weight excluding hydrogens is 498 g/mol. The minimum Gasteiger partial charge on any atom is -0.508 e. The standard InChI is InChI=1S/C27H27F4N3O2.C2H6/c1-15-19(24(29)26(31)25(30)23(15)28)13-22(36)34(2)27-20(12-16-6-4-3-5-7-16)33-21(14-32-27)17-8-10-18(35)11-9-17;1-2/h8-11,14,16,35H,3-7,12-13H2,1-2H3;1-2H3. The van der Waals surface area contributed by atoms with Crippen LogP contribution in [0.4, 0.5) is 23.4 Å². The van der Waals surface area contributed by atoms with Crippen molar-refractivity contribution in [3.8, 4) is 17.0 Å². The van der Waals surface area contributed by atoms with Crippen LogP contribution < -0.4 is 4.90 Å². The number of aromatic hydroxyl groups is 1. The molecule has 3 aromatic rings. The second-order valence-electron chi connectivity index (χ2n) is 9.27. The number of anilines is 1. The minimum atomic E-state index is -1.94. The molecule has 2 aromatic carbocycles. The number of likely N-dealkylation sites (N-methyl/N-ethyl adjacent to an activating group) is 1. The van der Waals surface area contributed by atoms with Gasteiger partial charge in [-0.1, -0.05) is 46.0 Å². The Morgan fingerprint density at radius 2 is 1.58 bits per heavy atom. The van der Waals surface area contributed by atoms with Crippen LogP contribution in [-0.4, -0.2) is 28.0 Å². The quantitative estimate of drug-likeness (QED) is 0.210. The number of aromatic nitrogens is 2. The lowest BCUT2D eigenvalue weighted by atomic mass is 9.86. The summed E-state index contributed by atoms with van der Waals surface area (Å²) in [6.45, 7) is 5.10. The lowest BCUT2D eigenvalue weighted by Crippen LogP contribution is -2.31. The number of halogens is 4. The van der Waals surface area contributed by atoms with E-state index in [-0.39, 0.29) is 11.6 Å². The molecule has 1 aliphatic carbocycles. The van der Waals surface area contributed by atoms with E-state index in [9.17, 15) is 27.5 Å². The molecule has 1 aromatic heterocycles. The highest BCUT2D eigenvalue weighted by molar-refractivity contribution is 5.94. The molecule has 0 bridgehead atoms. The first-order valence-electron chi connectivity index (χ1n) is 12.9. The number of phenols is 1. The number of phenolic OH excluding ortho intramolecular Hbond substituents is 1. The summed E-state index contributed by atoms with van der Waals surface area (Å²) in [5, 5.41) is 9.59. The molecule has 5 nitrogen and oxygen atoms in total. The van der Waals surface area contributed by atoms with Gasteiger partial charge in [-0.15, -0.1) is 0 Å². The van der Waals surface area contributed by atoms with Gasteiger partial charge in [0.1, 0.15) is 5.75 Å². The zero-order valence-electron chi connectivity index (χ0n) is 22.1. The third-order valence-corrected chi connectivity index (χ3v) is 6.84. The van der Waals surface area contributed by atoms with Crippen LogP contribution in [0.15, 0.2) is 30.5 Å². The molecule has 0 spiro atoms. The fourth-order valence-electron chi connectivity index (χ4n) is 4.66. The van der Waals surface area contributed by atoms with Gasteiger partial charge in [-0.25, -0.2) is 27.5 Å². The van der Waals surface area contributed by atoms with E-state index in [1.54, 1.807) is 24.3 Å². The molecule has 204 valence electrons. The molecule has 4 rings (SSSR count). The van der Waals surface area contributed by atoms with Crippen LogP contribution in [0.5, 0.6) is 5.75 Å². The van der Waals surface area contributed by atoms with Crippen molar-refractivity contribution in [2.24, 2.45) is 5.92 Å². The molecule has 1 aliphatic rings. The molecule has 0 atom stereocenters. The van der Waals surface area contributed by atoms with Gasteiger partial charge in [0, 0.05) is 18.2 Å². The normalized spacial score (nSPS) is 13.6. The molecule has 0 radical (unpaired) electrons. The van der Waals surface area contributed by atoms with Gasteiger partial charge in [0.05, 0.1) is 24.0 Å². The maximum absolute atomic E-state index is 14.4. The lowest BCUT2D eigenvalue weighted by Gasteiger charge is -2.25. The van der Waals surface area contributed by atoms with Crippen molar-refractivity contribution in [2.45, 2.75) is 65.7 Å². The second-order valence-corrected chi connectivity index (χ2v) is 9.27. The van der Waals surface area contributed by atoms with E-state index in [1.165, 1.54) is 24.6 Å². The third kappa shape index (κ3) is 6.31. The monoisotopic (exact) mass is 531 g/mol.